The molecule has 2 saturated heterocycles. The lowest BCUT2D eigenvalue weighted by molar-refractivity contribution is 0.0174. The van der Waals surface area contributed by atoms with Crippen LogP contribution in [0.2, 0.25) is 0 Å². The number of nitrogens with zero attached hydrogens (tertiary/aromatic N) is 1. The van der Waals surface area contributed by atoms with Crippen LogP contribution in [-0.2, 0) is 4.74 Å². The molecule has 26 heavy (non-hydrogen) atoms. The first-order valence-electron chi connectivity index (χ1n) is 9.66. The number of methoxy groups -OCH3 is 1. The highest BCUT2D eigenvalue weighted by Crippen LogP contribution is 2.21. The number of piperidine rings is 1. The summed E-state index contributed by atoms with van der Waals surface area (Å²) in [6, 6.07) is 7.69. The molecular weight excluding hydrogens is 332 g/mol. The molecule has 2 amide bonds. The average Bonchev–Trinajstić information content (AvgIpc) is 2.72. The molecule has 1 atom stereocenters. The maximum atomic E-state index is 12.3. The Morgan fingerprint density at radius 2 is 1.88 bits per heavy atom. The molecule has 6 nitrogen and oxygen atoms in total. The molecule has 0 aliphatic carbocycles. The number of urea groups is 1. The second-order valence-corrected chi connectivity index (χ2v) is 7.09. The summed E-state index contributed by atoms with van der Waals surface area (Å²) in [5, 5.41) is 3.02. The Morgan fingerprint density at radius 1 is 1.15 bits per heavy atom. The molecule has 0 aromatic heterocycles. The average molecular weight is 362 g/mol. The van der Waals surface area contributed by atoms with E-state index in [1.165, 1.54) is 6.42 Å². The van der Waals surface area contributed by atoms with Gasteiger partial charge in [0.25, 0.3) is 0 Å². The smallest absolute Gasteiger partial charge is 0.317 e. The van der Waals surface area contributed by atoms with Crippen molar-refractivity contribution in [2.75, 3.05) is 40.0 Å². The van der Waals surface area contributed by atoms with Gasteiger partial charge in [0.2, 0.25) is 0 Å². The molecule has 3 rings (SSSR count). The van der Waals surface area contributed by atoms with Gasteiger partial charge in [0, 0.05) is 26.2 Å². The van der Waals surface area contributed by atoms with Crippen LogP contribution in [-0.4, -0.2) is 57.0 Å². The van der Waals surface area contributed by atoms with E-state index in [1.807, 2.05) is 29.2 Å². The van der Waals surface area contributed by atoms with Gasteiger partial charge in [0.1, 0.15) is 11.5 Å². The fraction of sp³-hybridized carbons (Fsp3) is 0.650. The Hall–Kier alpha value is -1.95. The van der Waals surface area contributed by atoms with Crippen LogP contribution in [0, 0.1) is 5.92 Å². The summed E-state index contributed by atoms with van der Waals surface area (Å²) in [6.45, 7) is 3.71. The highest BCUT2D eigenvalue weighted by Gasteiger charge is 2.24. The largest absolute Gasteiger partial charge is 0.497 e. The third-order valence-electron chi connectivity index (χ3n) is 5.20. The number of likely N-dealkylation sites (tertiary alicyclic amines) is 1. The first-order valence-corrected chi connectivity index (χ1v) is 9.66. The highest BCUT2D eigenvalue weighted by molar-refractivity contribution is 5.74. The standard InChI is InChI=1S/C20H30N2O4/c1-24-17-5-7-18(8-6-17)26-15-16-9-11-22(12-10-16)20(23)21-14-19-4-2-3-13-25-19/h5-8,16,19H,2-4,9-15H2,1H3,(H,21,23)/t19-/m1/s1. The monoisotopic (exact) mass is 362 g/mol. The summed E-state index contributed by atoms with van der Waals surface area (Å²) in [6.07, 6.45) is 5.51. The molecule has 2 aliphatic heterocycles. The first-order chi connectivity index (χ1) is 12.7. The van der Waals surface area contributed by atoms with Crippen molar-refractivity contribution in [3.05, 3.63) is 24.3 Å². The second-order valence-electron chi connectivity index (χ2n) is 7.09. The summed E-state index contributed by atoms with van der Waals surface area (Å²) >= 11 is 0. The summed E-state index contributed by atoms with van der Waals surface area (Å²) in [5.41, 5.74) is 0. The predicted molar refractivity (Wildman–Crippen MR) is 99.8 cm³/mol. The van der Waals surface area contributed by atoms with Crippen molar-refractivity contribution in [3.63, 3.8) is 0 Å². The maximum absolute atomic E-state index is 12.3. The van der Waals surface area contributed by atoms with Gasteiger partial charge in [-0.1, -0.05) is 0 Å². The van der Waals surface area contributed by atoms with Crippen molar-refractivity contribution in [2.24, 2.45) is 5.92 Å². The van der Waals surface area contributed by atoms with Crippen LogP contribution in [0.4, 0.5) is 4.79 Å². The molecule has 2 fully saturated rings. The molecule has 0 unspecified atom stereocenters. The molecule has 1 N–H and O–H groups in total. The summed E-state index contributed by atoms with van der Waals surface area (Å²) in [7, 11) is 1.65. The van der Waals surface area contributed by atoms with Crippen LogP contribution < -0.4 is 14.8 Å². The third-order valence-corrected chi connectivity index (χ3v) is 5.20. The van der Waals surface area contributed by atoms with Crippen molar-refractivity contribution in [3.8, 4) is 11.5 Å². The Labute approximate surface area is 155 Å². The van der Waals surface area contributed by atoms with Crippen LogP contribution in [0.25, 0.3) is 0 Å². The van der Waals surface area contributed by atoms with Crippen molar-refractivity contribution in [1.82, 2.24) is 10.2 Å². The summed E-state index contributed by atoms with van der Waals surface area (Å²) < 4.78 is 16.7. The molecule has 1 aromatic carbocycles. The Morgan fingerprint density at radius 3 is 2.54 bits per heavy atom. The van der Waals surface area contributed by atoms with Gasteiger partial charge >= 0.3 is 6.03 Å². The zero-order valence-electron chi connectivity index (χ0n) is 15.6. The van der Waals surface area contributed by atoms with E-state index >= 15 is 0 Å². The molecule has 0 spiro atoms. The van der Waals surface area contributed by atoms with Crippen LogP contribution in [0.5, 0.6) is 11.5 Å². The van der Waals surface area contributed by atoms with Gasteiger partial charge in [-0.3, -0.25) is 0 Å². The minimum absolute atomic E-state index is 0.0358. The molecule has 1 aromatic rings. The number of nitrogens with one attached hydrogen (secondary N) is 1. The normalized spacial score (nSPS) is 21.3. The SMILES string of the molecule is COc1ccc(OCC2CCN(C(=O)NC[C@H]3CCCCO3)CC2)cc1. The summed E-state index contributed by atoms with van der Waals surface area (Å²) in [5.74, 6) is 2.18. The molecule has 0 saturated carbocycles. The van der Waals surface area contributed by atoms with Gasteiger partial charge in [0.15, 0.2) is 0 Å². The minimum atomic E-state index is 0.0358. The quantitative estimate of drug-likeness (QED) is 0.845. The van der Waals surface area contributed by atoms with E-state index < -0.39 is 0 Å². The number of benzene rings is 1. The second kappa shape index (κ2) is 9.67. The van der Waals surface area contributed by atoms with Gasteiger partial charge in [-0.25, -0.2) is 4.79 Å². The van der Waals surface area contributed by atoms with E-state index in [1.54, 1.807) is 7.11 Å². The van der Waals surface area contributed by atoms with Crippen molar-refractivity contribution in [2.45, 2.75) is 38.2 Å². The first kappa shape index (κ1) is 18.8. The van der Waals surface area contributed by atoms with Crippen LogP contribution in [0.3, 0.4) is 0 Å². The molecule has 0 radical (unpaired) electrons. The van der Waals surface area contributed by atoms with E-state index in [0.717, 1.165) is 56.9 Å². The fourth-order valence-electron chi connectivity index (χ4n) is 3.47. The van der Waals surface area contributed by atoms with E-state index in [0.29, 0.717) is 19.1 Å². The molecule has 2 heterocycles. The molecule has 0 bridgehead atoms. The minimum Gasteiger partial charge on any atom is -0.497 e. The van der Waals surface area contributed by atoms with Crippen LogP contribution in [0.15, 0.2) is 24.3 Å². The number of hydrogen-bond donors (Lipinski definition) is 1. The lowest BCUT2D eigenvalue weighted by atomic mass is 9.98. The maximum Gasteiger partial charge on any atom is 0.317 e. The van der Waals surface area contributed by atoms with E-state index in [-0.39, 0.29) is 12.1 Å². The fourth-order valence-corrected chi connectivity index (χ4v) is 3.47. The van der Waals surface area contributed by atoms with Gasteiger partial charge in [-0.2, -0.15) is 0 Å². The third kappa shape index (κ3) is 5.53. The molecule has 2 aliphatic rings. The zero-order valence-corrected chi connectivity index (χ0v) is 15.6. The number of hydrogen-bond acceptors (Lipinski definition) is 4. The van der Waals surface area contributed by atoms with Crippen LogP contribution >= 0.6 is 0 Å². The van der Waals surface area contributed by atoms with E-state index in [4.69, 9.17) is 14.2 Å². The number of carbonyl (C=O) groups is 1. The number of carbonyl (C=O) groups excluding carboxylic acids is 1. The molecule has 6 heteroatoms. The lowest BCUT2D eigenvalue weighted by Gasteiger charge is -2.32. The van der Waals surface area contributed by atoms with Gasteiger partial charge in [-0.05, 0) is 62.3 Å². The van der Waals surface area contributed by atoms with Gasteiger partial charge in [0.05, 0.1) is 19.8 Å². The van der Waals surface area contributed by atoms with E-state index in [9.17, 15) is 4.79 Å². The van der Waals surface area contributed by atoms with Crippen molar-refractivity contribution < 1.29 is 19.0 Å². The Bertz CT molecular complexity index is 549. The van der Waals surface area contributed by atoms with Crippen molar-refractivity contribution >= 4 is 6.03 Å². The predicted octanol–water partition coefficient (Wildman–Crippen LogP) is 3.06. The topological polar surface area (TPSA) is 60.0 Å². The Kier molecular flexibility index (Phi) is 7.00. The van der Waals surface area contributed by atoms with Gasteiger partial charge in [-0.15, -0.1) is 0 Å². The highest BCUT2D eigenvalue weighted by atomic mass is 16.5. The zero-order chi connectivity index (χ0) is 18.2. The van der Waals surface area contributed by atoms with Crippen molar-refractivity contribution in [1.29, 1.82) is 0 Å². The summed E-state index contributed by atoms with van der Waals surface area (Å²) in [4.78, 5) is 14.2. The number of ether oxygens (including phenoxy) is 3. The van der Waals surface area contributed by atoms with E-state index in [2.05, 4.69) is 5.32 Å². The van der Waals surface area contributed by atoms with Crippen LogP contribution in [0.1, 0.15) is 32.1 Å². The molecular formula is C20H30N2O4. The number of amides is 2. The number of rotatable bonds is 6. The lowest BCUT2D eigenvalue weighted by Crippen LogP contribution is -2.47. The Balaban J connectivity index is 1.33. The molecule has 144 valence electrons. The van der Waals surface area contributed by atoms with Gasteiger partial charge < -0.3 is 24.4 Å².